The molecule has 3 rings (SSSR count). The quantitative estimate of drug-likeness (QED) is 0.580. The van der Waals surface area contributed by atoms with Gasteiger partial charge in [-0.05, 0) is 24.1 Å². The fraction of sp³-hybridized carbons (Fsp3) is 0.261. The number of nitrogens with zero attached hydrogens (tertiary/aromatic N) is 4. The number of rotatable bonds is 8. The van der Waals surface area contributed by atoms with Gasteiger partial charge in [-0.25, -0.2) is 9.97 Å². The van der Waals surface area contributed by atoms with Gasteiger partial charge in [-0.3, -0.25) is 4.79 Å². The summed E-state index contributed by atoms with van der Waals surface area (Å²) in [4.78, 5) is 25.9. The van der Waals surface area contributed by atoms with E-state index in [1.165, 1.54) is 0 Å². The van der Waals surface area contributed by atoms with Crippen LogP contribution in [0.3, 0.4) is 0 Å². The monoisotopic (exact) mass is 374 g/mol. The van der Waals surface area contributed by atoms with Crippen LogP contribution in [-0.2, 0) is 6.54 Å². The fourth-order valence-electron chi connectivity index (χ4n) is 2.93. The average Bonchev–Trinajstić information content (AvgIpc) is 2.77. The van der Waals surface area contributed by atoms with Gasteiger partial charge in [0.2, 0.25) is 0 Å². The Labute approximate surface area is 166 Å². The van der Waals surface area contributed by atoms with E-state index in [2.05, 4.69) is 21.8 Å². The number of hydrogen-bond acceptors (Lipinski definition) is 4. The van der Waals surface area contributed by atoms with Crippen molar-refractivity contribution in [2.24, 2.45) is 0 Å². The number of aromatic nitrogens is 2. The van der Waals surface area contributed by atoms with Crippen LogP contribution in [0.4, 0.5) is 11.5 Å². The lowest BCUT2D eigenvalue weighted by Crippen LogP contribution is -2.31. The van der Waals surface area contributed by atoms with E-state index >= 15 is 0 Å². The van der Waals surface area contributed by atoms with Crippen molar-refractivity contribution >= 4 is 17.4 Å². The first-order chi connectivity index (χ1) is 13.7. The second kappa shape index (κ2) is 9.65. The Morgan fingerprint density at radius 2 is 1.61 bits per heavy atom. The van der Waals surface area contributed by atoms with Crippen molar-refractivity contribution in [2.45, 2.75) is 26.3 Å². The first kappa shape index (κ1) is 19.5. The van der Waals surface area contributed by atoms with Crippen LogP contribution >= 0.6 is 0 Å². The molecule has 0 aliphatic carbocycles. The zero-order valence-electron chi connectivity index (χ0n) is 16.5. The maximum atomic E-state index is 13.2. The Bertz CT molecular complexity index is 866. The van der Waals surface area contributed by atoms with E-state index in [4.69, 9.17) is 0 Å². The summed E-state index contributed by atoms with van der Waals surface area (Å²) in [5, 5.41) is 0. The van der Waals surface area contributed by atoms with Crippen molar-refractivity contribution in [3.8, 4) is 0 Å². The number of para-hydroxylation sites is 1. The van der Waals surface area contributed by atoms with Gasteiger partial charge in [-0.2, -0.15) is 0 Å². The molecule has 0 fully saturated rings. The van der Waals surface area contributed by atoms with Gasteiger partial charge in [0.25, 0.3) is 5.91 Å². The minimum Gasteiger partial charge on any atom is -0.358 e. The lowest BCUT2D eigenvalue weighted by atomic mass is 10.2. The average molecular weight is 374 g/mol. The molecule has 0 atom stereocenters. The fourth-order valence-corrected chi connectivity index (χ4v) is 2.93. The van der Waals surface area contributed by atoms with Gasteiger partial charge in [0.15, 0.2) is 0 Å². The number of carbonyl (C=O) groups excluding carboxylic acids is 1. The van der Waals surface area contributed by atoms with Gasteiger partial charge < -0.3 is 9.80 Å². The van der Waals surface area contributed by atoms with Gasteiger partial charge in [0, 0.05) is 19.3 Å². The molecule has 0 saturated heterocycles. The van der Waals surface area contributed by atoms with Crippen LogP contribution < -0.4 is 9.80 Å². The highest BCUT2D eigenvalue weighted by Crippen LogP contribution is 2.20. The summed E-state index contributed by atoms with van der Waals surface area (Å²) < 4.78 is 0. The van der Waals surface area contributed by atoms with Gasteiger partial charge in [-0.1, -0.05) is 61.9 Å². The molecule has 0 bridgehead atoms. The number of carbonyl (C=O) groups is 1. The number of benzene rings is 2. The highest BCUT2D eigenvalue weighted by atomic mass is 16.2. The molecule has 0 aliphatic rings. The predicted octanol–water partition coefficient (Wildman–Crippen LogP) is 4.56. The second-order valence-electron chi connectivity index (χ2n) is 6.75. The maximum absolute atomic E-state index is 13.2. The summed E-state index contributed by atoms with van der Waals surface area (Å²) in [6.07, 6.45) is 5.47. The minimum absolute atomic E-state index is 0.162. The lowest BCUT2D eigenvalue weighted by molar-refractivity contribution is 0.0980. The third kappa shape index (κ3) is 4.94. The maximum Gasteiger partial charge on any atom is 0.278 e. The number of hydrogen-bond donors (Lipinski definition) is 0. The van der Waals surface area contributed by atoms with Crippen LogP contribution in [0.1, 0.15) is 35.8 Å². The molecule has 1 aromatic heterocycles. The van der Waals surface area contributed by atoms with Crippen molar-refractivity contribution in [3.63, 3.8) is 0 Å². The second-order valence-corrected chi connectivity index (χ2v) is 6.75. The third-order valence-corrected chi connectivity index (χ3v) is 4.59. The smallest absolute Gasteiger partial charge is 0.278 e. The lowest BCUT2D eigenvalue weighted by Gasteiger charge is -2.23. The Morgan fingerprint density at radius 1 is 0.929 bits per heavy atom. The molecule has 1 heterocycles. The van der Waals surface area contributed by atoms with Crippen LogP contribution in [0.5, 0.6) is 0 Å². The molecule has 0 saturated carbocycles. The molecule has 5 heteroatoms. The molecule has 0 N–H and O–H groups in total. The summed E-state index contributed by atoms with van der Waals surface area (Å²) in [6.45, 7) is 3.55. The highest BCUT2D eigenvalue weighted by Gasteiger charge is 2.20. The molecule has 5 nitrogen and oxygen atoms in total. The van der Waals surface area contributed by atoms with Crippen LogP contribution in [0.15, 0.2) is 73.1 Å². The molecule has 0 unspecified atom stereocenters. The Morgan fingerprint density at radius 3 is 2.21 bits per heavy atom. The molecule has 2 aromatic carbocycles. The molecule has 0 spiro atoms. The standard InChI is InChI=1S/C23H26N4O/c1-3-4-15-26(2)22-17-24-21(16-25-22)23(28)27(20-13-9-6-10-14-20)18-19-11-7-5-8-12-19/h5-14,16-17H,3-4,15,18H2,1-2H3. The summed E-state index contributed by atoms with van der Waals surface area (Å²) >= 11 is 0. The normalized spacial score (nSPS) is 10.5. The number of amides is 1. The largest absolute Gasteiger partial charge is 0.358 e. The molecule has 0 radical (unpaired) electrons. The predicted molar refractivity (Wildman–Crippen MR) is 114 cm³/mol. The van der Waals surface area contributed by atoms with Crippen LogP contribution in [-0.4, -0.2) is 29.5 Å². The van der Waals surface area contributed by atoms with E-state index < -0.39 is 0 Å². The van der Waals surface area contributed by atoms with Gasteiger partial charge >= 0.3 is 0 Å². The first-order valence-electron chi connectivity index (χ1n) is 9.63. The Kier molecular flexibility index (Phi) is 6.73. The van der Waals surface area contributed by atoms with Gasteiger partial charge in [0.05, 0.1) is 18.9 Å². The molecular formula is C23H26N4O. The van der Waals surface area contributed by atoms with Crippen LogP contribution in [0, 0.1) is 0 Å². The summed E-state index contributed by atoms with van der Waals surface area (Å²) in [5.41, 5.74) is 2.23. The van der Waals surface area contributed by atoms with E-state index in [0.717, 1.165) is 36.5 Å². The van der Waals surface area contributed by atoms with Crippen molar-refractivity contribution in [1.29, 1.82) is 0 Å². The Hall–Kier alpha value is -3.21. The summed E-state index contributed by atoms with van der Waals surface area (Å²) in [6, 6.07) is 19.6. The van der Waals surface area contributed by atoms with Gasteiger partial charge in [-0.15, -0.1) is 0 Å². The third-order valence-electron chi connectivity index (χ3n) is 4.59. The molecule has 28 heavy (non-hydrogen) atoms. The van der Waals surface area contributed by atoms with E-state index in [1.807, 2.05) is 67.7 Å². The van der Waals surface area contributed by atoms with E-state index in [1.54, 1.807) is 17.3 Å². The molecule has 0 aliphatic heterocycles. The van der Waals surface area contributed by atoms with E-state index in [9.17, 15) is 4.79 Å². The topological polar surface area (TPSA) is 49.3 Å². The minimum atomic E-state index is -0.162. The summed E-state index contributed by atoms with van der Waals surface area (Å²) in [7, 11) is 1.99. The van der Waals surface area contributed by atoms with Crippen molar-refractivity contribution in [2.75, 3.05) is 23.4 Å². The number of unbranched alkanes of at least 4 members (excludes halogenated alkanes) is 1. The number of anilines is 2. The van der Waals surface area contributed by atoms with E-state index in [0.29, 0.717) is 12.2 Å². The highest BCUT2D eigenvalue weighted by molar-refractivity contribution is 6.04. The van der Waals surface area contributed by atoms with Gasteiger partial charge in [0.1, 0.15) is 11.5 Å². The molecule has 3 aromatic rings. The molecule has 144 valence electrons. The molecular weight excluding hydrogens is 348 g/mol. The first-order valence-corrected chi connectivity index (χ1v) is 9.63. The van der Waals surface area contributed by atoms with Crippen LogP contribution in [0.25, 0.3) is 0 Å². The zero-order valence-corrected chi connectivity index (χ0v) is 16.5. The zero-order chi connectivity index (χ0) is 19.8. The SMILES string of the molecule is CCCCN(C)c1cnc(C(=O)N(Cc2ccccc2)c2ccccc2)cn1. The van der Waals surface area contributed by atoms with E-state index in [-0.39, 0.29) is 5.91 Å². The van der Waals surface area contributed by atoms with Crippen molar-refractivity contribution < 1.29 is 4.79 Å². The van der Waals surface area contributed by atoms with Crippen molar-refractivity contribution in [1.82, 2.24) is 9.97 Å². The van der Waals surface area contributed by atoms with Crippen LogP contribution in [0.2, 0.25) is 0 Å². The molecule has 1 amide bonds. The summed E-state index contributed by atoms with van der Waals surface area (Å²) in [5.74, 6) is 0.615. The Balaban J connectivity index is 1.83. The van der Waals surface area contributed by atoms with Crippen molar-refractivity contribution in [3.05, 3.63) is 84.3 Å².